The monoisotopic (exact) mass is 360 g/mol. The van der Waals surface area contributed by atoms with Crippen LogP contribution in [0.1, 0.15) is 34.3 Å². The highest BCUT2D eigenvalue weighted by Gasteiger charge is 2.18. The molecule has 2 aromatic rings. The van der Waals surface area contributed by atoms with E-state index in [1.165, 1.54) is 13.0 Å². The number of rotatable bonds is 7. The maximum atomic E-state index is 11.3. The summed E-state index contributed by atoms with van der Waals surface area (Å²) in [7, 11) is 0. The average Bonchev–Trinajstić information content (AvgIpc) is 2.55. The summed E-state index contributed by atoms with van der Waals surface area (Å²) in [5, 5.41) is 27.5. The number of aliphatic carboxylic acids is 2. The Bertz CT molecular complexity index is 830. The van der Waals surface area contributed by atoms with Crippen molar-refractivity contribution in [2.45, 2.75) is 29.1 Å². The van der Waals surface area contributed by atoms with E-state index < -0.39 is 23.8 Å². The van der Waals surface area contributed by atoms with E-state index >= 15 is 0 Å². The van der Waals surface area contributed by atoms with Crippen LogP contribution in [0.25, 0.3) is 0 Å². The molecule has 0 radical (unpaired) electrons. The molecule has 0 spiro atoms. The highest BCUT2D eigenvalue weighted by molar-refractivity contribution is 7.99. The number of hydrogen-bond acceptors (Lipinski definition) is 4. The van der Waals surface area contributed by atoms with Gasteiger partial charge in [-0.1, -0.05) is 36.0 Å². The minimum absolute atomic E-state index is 0.122. The Morgan fingerprint density at radius 2 is 1.68 bits per heavy atom. The number of aromatic carboxylic acids is 1. The number of benzene rings is 2. The third-order valence-corrected chi connectivity index (χ3v) is 4.83. The van der Waals surface area contributed by atoms with Gasteiger partial charge in [0.1, 0.15) is 0 Å². The average molecular weight is 360 g/mol. The van der Waals surface area contributed by atoms with E-state index in [0.717, 1.165) is 11.8 Å². The van der Waals surface area contributed by atoms with Gasteiger partial charge in [-0.05, 0) is 36.2 Å². The second-order valence-corrected chi connectivity index (χ2v) is 6.48. The maximum Gasteiger partial charge on any atom is 0.336 e. The van der Waals surface area contributed by atoms with Gasteiger partial charge in [-0.2, -0.15) is 0 Å². The fourth-order valence-corrected chi connectivity index (χ4v) is 3.31. The van der Waals surface area contributed by atoms with Crippen molar-refractivity contribution >= 4 is 29.7 Å². The van der Waals surface area contributed by atoms with E-state index in [0.29, 0.717) is 20.9 Å². The smallest absolute Gasteiger partial charge is 0.336 e. The number of carboxylic acid groups (broad SMARTS) is 3. The van der Waals surface area contributed by atoms with Crippen LogP contribution in [0.2, 0.25) is 0 Å². The van der Waals surface area contributed by atoms with Crippen LogP contribution in [0.5, 0.6) is 0 Å². The van der Waals surface area contributed by atoms with Crippen molar-refractivity contribution in [3.8, 4) is 0 Å². The first-order chi connectivity index (χ1) is 11.8. The van der Waals surface area contributed by atoms with E-state index in [-0.39, 0.29) is 12.0 Å². The lowest BCUT2D eigenvalue weighted by Crippen LogP contribution is -2.09. The summed E-state index contributed by atoms with van der Waals surface area (Å²) in [5.74, 6) is -3.89. The highest BCUT2D eigenvalue weighted by Crippen LogP contribution is 2.34. The molecule has 0 aromatic heterocycles. The van der Waals surface area contributed by atoms with Crippen molar-refractivity contribution in [2.24, 2.45) is 0 Å². The molecule has 0 aliphatic heterocycles. The summed E-state index contributed by atoms with van der Waals surface area (Å²) in [6.07, 6.45) is -0.280. The number of carboxylic acids is 3. The molecular formula is C18H16O6S. The zero-order chi connectivity index (χ0) is 18.6. The third-order valence-electron chi connectivity index (χ3n) is 3.63. The van der Waals surface area contributed by atoms with Crippen molar-refractivity contribution in [3.63, 3.8) is 0 Å². The topological polar surface area (TPSA) is 112 Å². The summed E-state index contributed by atoms with van der Waals surface area (Å²) >= 11 is 1.15. The lowest BCUT2D eigenvalue weighted by Gasteiger charge is -2.13. The van der Waals surface area contributed by atoms with Crippen LogP contribution in [-0.4, -0.2) is 33.2 Å². The molecule has 2 rings (SSSR count). The SMILES string of the molecule is CC(C(=O)O)c1ccc(Sc2ccccc2C(=O)O)c(CC(=O)O)c1. The standard InChI is InChI=1S/C18H16O6S/c1-10(17(21)22)11-6-7-14(12(8-11)9-16(19)20)25-15-5-3-2-4-13(15)18(23)24/h2-8,10H,9H2,1H3,(H,19,20)(H,21,22)(H,23,24). The predicted molar refractivity (Wildman–Crippen MR) is 91.4 cm³/mol. The minimum atomic E-state index is -1.07. The van der Waals surface area contributed by atoms with Gasteiger partial charge in [-0.3, -0.25) is 9.59 Å². The number of carbonyl (C=O) groups is 3. The maximum absolute atomic E-state index is 11.3. The van der Waals surface area contributed by atoms with Gasteiger partial charge in [0.25, 0.3) is 0 Å². The van der Waals surface area contributed by atoms with Crippen molar-refractivity contribution in [2.75, 3.05) is 0 Å². The van der Waals surface area contributed by atoms with Crippen LogP contribution in [0, 0.1) is 0 Å². The van der Waals surface area contributed by atoms with Gasteiger partial charge < -0.3 is 15.3 Å². The minimum Gasteiger partial charge on any atom is -0.481 e. The molecule has 0 heterocycles. The molecular weight excluding hydrogens is 344 g/mol. The summed E-state index contributed by atoms with van der Waals surface area (Å²) in [6, 6.07) is 11.2. The Morgan fingerprint density at radius 1 is 1.00 bits per heavy atom. The molecule has 2 aromatic carbocycles. The molecule has 25 heavy (non-hydrogen) atoms. The molecule has 0 bridgehead atoms. The van der Waals surface area contributed by atoms with Crippen LogP contribution < -0.4 is 0 Å². The van der Waals surface area contributed by atoms with Crippen LogP contribution in [0.15, 0.2) is 52.3 Å². The van der Waals surface area contributed by atoms with Gasteiger partial charge in [0.2, 0.25) is 0 Å². The van der Waals surface area contributed by atoms with Gasteiger partial charge in [-0.25, -0.2) is 4.79 Å². The van der Waals surface area contributed by atoms with E-state index in [4.69, 9.17) is 10.2 Å². The Morgan fingerprint density at radius 3 is 2.28 bits per heavy atom. The Hall–Kier alpha value is -2.80. The number of hydrogen-bond donors (Lipinski definition) is 3. The van der Waals surface area contributed by atoms with Gasteiger partial charge in [0, 0.05) is 9.79 Å². The van der Waals surface area contributed by atoms with E-state index in [1.54, 1.807) is 36.4 Å². The quantitative estimate of drug-likeness (QED) is 0.694. The van der Waals surface area contributed by atoms with Crippen LogP contribution in [0.4, 0.5) is 0 Å². The fraction of sp³-hybridized carbons (Fsp3) is 0.167. The lowest BCUT2D eigenvalue weighted by atomic mass is 9.98. The molecule has 0 fully saturated rings. The third kappa shape index (κ3) is 4.60. The van der Waals surface area contributed by atoms with Crippen molar-refractivity contribution < 1.29 is 29.7 Å². The molecule has 1 atom stereocenters. The second-order valence-electron chi connectivity index (χ2n) is 5.40. The lowest BCUT2D eigenvalue weighted by molar-refractivity contribution is -0.138. The van der Waals surface area contributed by atoms with E-state index in [2.05, 4.69) is 0 Å². The first-order valence-electron chi connectivity index (χ1n) is 7.37. The summed E-state index contributed by atoms with van der Waals surface area (Å²) in [6.45, 7) is 1.52. The van der Waals surface area contributed by atoms with Crippen LogP contribution in [0.3, 0.4) is 0 Å². The molecule has 1 unspecified atom stereocenters. The first kappa shape index (κ1) is 18.5. The van der Waals surface area contributed by atoms with Crippen LogP contribution in [-0.2, 0) is 16.0 Å². The zero-order valence-electron chi connectivity index (χ0n) is 13.3. The first-order valence-corrected chi connectivity index (χ1v) is 8.19. The zero-order valence-corrected chi connectivity index (χ0v) is 14.1. The van der Waals surface area contributed by atoms with Gasteiger partial charge >= 0.3 is 17.9 Å². The molecule has 0 amide bonds. The molecule has 0 saturated carbocycles. The van der Waals surface area contributed by atoms with Crippen molar-refractivity contribution in [1.29, 1.82) is 0 Å². The van der Waals surface area contributed by atoms with Gasteiger partial charge in [-0.15, -0.1) is 0 Å². The van der Waals surface area contributed by atoms with Crippen molar-refractivity contribution in [3.05, 3.63) is 59.2 Å². The molecule has 7 heteroatoms. The second kappa shape index (κ2) is 7.85. The Labute approximate surface area is 148 Å². The fourth-order valence-electron chi connectivity index (χ4n) is 2.26. The largest absolute Gasteiger partial charge is 0.481 e. The van der Waals surface area contributed by atoms with Crippen LogP contribution >= 0.6 is 11.8 Å². The normalized spacial score (nSPS) is 11.7. The van der Waals surface area contributed by atoms with E-state index in [1.807, 2.05) is 0 Å². The predicted octanol–water partition coefficient (Wildman–Crippen LogP) is 3.35. The van der Waals surface area contributed by atoms with Gasteiger partial charge in [0.05, 0.1) is 17.9 Å². The molecule has 3 N–H and O–H groups in total. The molecule has 130 valence electrons. The molecule has 0 aliphatic rings. The Kier molecular flexibility index (Phi) is 5.82. The van der Waals surface area contributed by atoms with Crippen molar-refractivity contribution in [1.82, 2.24) is 0 Å². The summed E-state index contributed by atoms with van der Waals surface area (Å²) in [5.41, 5.74) is 1.07. The summed E-state index contributed by atoms with van der Waals surface area (Å²) < 4.78 is 0. The Balaban J connectivity index is 2.45. The highest BCUT2D eigenvalue weighted by atomic mass is 32.2. The van der Waals surface area contributed by atoms with Gasteiger partial charge in [0.15, 0.2) is 0 Å². The molecule has 0 aliphatic carbocycles. The molecule has 0 saturated heterocycles. The molecule has 6 nitrogen and oxygen atoms in total. The summed E-state index contributed by atoms with van der Waals surface area (Å²) in [4.78, 5) is 34.7. The van der Waals surface area contributed by atoms with E-state index in [9.17, 15) is 19.5 Å².